The van der Waals surface area contributed by atoms with Crippen LogP contribution in [0.2, 0.25) is 0 Å². The van der Waals surface area contributed by atoms with E-state index in [1.54, 1.807) is 12.5 Å². The van der Waals surface area contributed by atoms with Crippen LogP contribution in [0.1, 0.15) is 0 Å². The van der Waals surface area contributed by atoms with Crippen molar-refractivity contribution in [2.75, 3.05) is 5.73 Å². The van der Waals surface area contributed by atoms with Gasteiger partial charge in [-0.15, -0.1) is 0 Å². The van der Waals surface area contributed by atoms with Crippen LogP contribution in [0.5, 0.6) is 0 Å². The molecule has 4 heteroatoms. The fourth-order valence-electron chi connectivity index (χ4n) is 1.68. The number of H-pyrrole nitrogens is 1. The van der Waals surface area contributed by atoms with Crippen LogP contribution >= 0.6 is 0 Å². The number of imidazole rings is 1. The predicted molar refractivity (Wildman–Crippen MR) is 59.8 cm³/mol. The molecule has 0 amide bonds. The van der Waals surface area contributed by atoms with Crippen LogP contribution in [0.3, 0.4) is 0 Å². The molecule has 0 fully saturated rings. The van der Waals surface area contributed by atoms with Crippen LogP contribution in [-0.4, -0.2) is 14.5 Å². The van der Waals surface area contributed by atoms with Gasteiger partial charge in [-0.3, -0.25) is 0 Å². The Labute approximate surface area is 86.4 Å². The summed E-state index contributed by atoms with van der Waals surface area (Å²) in [7, 11) is 0. The fourth-order valence-corrected chi connectivity index (χ4v) is 1.68. The molecule has 0 saturated heterocycles. The van der Waals surface area contributed by atoms with E-state index in [0.717, 1.165) is 11.2 Å². The molecule has 0 radical (unpaired) electrons. The van der Waals surface area contributed by atoms with Crippen LogP contribution in [-0.2, 0) is 0 Å². The van der Waals surface area contributed by atoms with Crippen LogP contribution in [0, 0.1) is 0 Å². The molecule has 0 aliphatic rings. The number of fused-ring (bicyclic) bond motifs is 1. The molecule has 1 aromatic carbocycles. The van der Waals surface area contributed by atoms with Crippen molar-refractivity contribution in [2.45, 2.75) is 0 Å². The van der Waals surface area contributed by atoms with E-state index in [9.17, 15) is 0 Å². The van der Waals surface area contributed by atoms with E-state index in [4.69, 9.17) is 5.73 Å². The van der Waals surface area contributed by atoms with Gasteiger partial charge in [0.25, 0.3) is 0 Å². The number of nitrogen functional groups attached to an aromatic ring is 1. The Morgan fingerprint density at radius 1 is 1.27 bits per heavy atom. The minimum absolute atomic E-state index is 0.532. The zero-order valence-corrected chi connectivity index (χ0v) is 8.01. The van der Waals surface area contributed by atoms with Gasteiger partial charge in [0.15, 0.2) is 0 Å². The second-order valence-electron chi connectivity index (χ2n) is 3.46. The molecule has 0 aliphatic heterocycles. The Balaban J connectivity index is 2.18. The monoisotopic (exact) mass is 198 g/mol. The van der Waals surface area contributed by atoms with Gasteiger partial charge in [-0.1, -0.05) is 0 Å². The fraction of sp³-hybridized carbons (Fsp3) is 0. The summed E-state index contributed by atoms with van der Waals surface area (Å²) in [5.74, 6) is 0.532. The Kier molecular flexibility index (Phi) is 1.56. The van der Waals surface area contributed by atoms with Crippen molar-refractivity contribution in [3.05, 3.63) is 43.0 Å². The third-order valence-corrected chi connectivity index (χ3v) is 2.44. The van der Waals surface area contributed by atoms with Crippen molar-refractivity contribution in [3.8, 4) is 5.69 Å². The van der Waals surface area contributed by atoms with E-state index in [1.807, 2.05) is 29.0 Å². The van der Waals surface area contributed by atoms with Gasteiger partial charge < -0.3 is 15.3 Å². The van der Waals surface area contributed by atoms with Gasteiger partial charge in [-0.05, 0) is 24.3 Å². The first kappa shape index (κ1) is 8.11. The molecule has 3 aromatic rings. The van der Waals surface area contributed by atoms with Crippen LogP contribution < -0.4 is 5.73 Å². The second kappa shape index (κ2) is 2.88. The summed E-state index contributed by atoms with van der Waals surface area (Å²) in [6.45, 7) is 0. The largest absolute Gasteiger partial charge is 0.382 e. The molecule has 15 heavy (non-hydrogen) atoms. The molecule has 0 saturated carbocycles. The summed E-state index contributed by atoms with van der Waals surface area (Å²) >= 11 is 0. The number of benzene rings is 1. The summed E-state index contributed by atoms with van der Waals surface area (Å²) < 4.78 is 1.90. The molecule has 0 bridgehead atoms. The zero-order valence-electron chi connectivity index (χ0n) is 8.01. The smallest absolute Gasteiger partial charge is 0.141 e. The summed E-state index contributed by atoms with van der Waals surface area (Å²) in [6, 6.07) is 8.20. The minimum atomic E-state index is 0.532. The van der Waals surface area contributed by atoms with E-state index >= 15 is 0 Å². The van der Waals surface area contributed by atoms with E-state index in [1.165, 1.54) is 5.39 Å². The minimum Gasteiger partial charge on any atom is -0.382 e. The number of hydrogen-bond donors (Lipinski definition) is 2. The van der Waals surface area contributed by atoms with Gasteiger partial charge in [0.1, 0.15) is 12.1 Å². The molecule has 0 unspecified atom stereocenters. The highest BCUT2D eigenvalue weighted by molar-refractivity contribution is 5.81. The van der Waals surface area contributed by atoms with Crippen molar-refractivity contribution in [3.63, 3.8) is 0 Å². The average molecular weight is 198 g/mol. The molecule has 2 aromatic heterocycles. The highest BCUT2D eigenvalue weighted by atomic mass is 15.1. The van der Waals surface area contributed by atoms with Crippen molar-refractivity contribution in [1.29, 1.82) is 0 Å². The van der Waals surface area contributed by atoms with Crippen molar-refractivity contribution >= 4 is 16.7 Å². The Morgan fingerprint density at radius 2 is 2.20 bits per heavy atom. The molecular weight excluding hydrogens is 188 g/mol. The molecule has 4 nitrogen and oxygen atoms in total. The number of aromatic nitrogens is 3. The van der Waals surface area contributed by atoms with Crippen LogP contribution in [0.4, 0.5) is 5.82 Å². The molecule has 0 spiro atoms. The molecular formula is C11H10N4. The average Bonchev–Trinajstić information content (AvgIpc) is 2.84. The van der Waals surface area contributed by atoms with Crippen molar-refractivity contribution in [1.82, 2.24) is 14.5 Å². The summed E-state index contributed by atoms with van der Waals surface area (Å²) in [4.78, 5) is 7.15. The van der Waals surface area contributed by atoms with E-state index in [2.05, 4.69) is 16.0 Å². The summed E-state index contributed by atoms with van der Waals surface area (Å²) in [6.07, 6.45) is 5.44. The second-order valence-corrected chi connectivity index (χ2v) is 3.46. The maximum atomic E-state index is 5.57. The van der Waals surface area contributed by atoms with E-state index in [-0.39, 0.29) is 0 Å². The standard InChI is InChI=1S/C11H10N4/c12-11-6-15(7-14-11)9-1-2-10-8(5-9)3-4-13-10/h1-7,13H,12H2. The molecule has 3 N–H and O–H groups in total. The Hall–Kier alpha value is -2.23. The normalized spacial score (nSPS) is 10.9. The SMILES string of the molecule is Nc1cn(-c2ccc3[nH]ccc3c2)cn1. The number of nitrogens with zero attached hydrogens (tertiary/aromatic N) is 2. The lowest BCUT2D eigenvalue weighted by atomic mass is 10.2. The van der Waals surface area contributed by atoms with Crippen LogP contribution in [0.15, 0.2) is 43.0 Å². The number of nitrogens with two attached hydrogens (primary N) is 1. The Bertz CT molecular complexity index is 606. The highest BCUT2D eigenvalue weighted by Crippen LogP contribution is 2.17. The first-order valence-electron chi connectivity index (χ1n) is 4.70. The van der Waals surface area contributed by atoms with Gasteiger partial charge >= 0.3 is 0 Å². The van der Waals surface area contributed by atoms with Gasteiger partial charge in [-0.25, -0.2) is 4.98 Å². The molecule has 74 valence electrons. The van der Waals surface area contributed by atoms with Gasteiger partial charge in [-0.2, -0.15) is 0 Å². The number of nitrogens with one attached hydrogen (secondary N) is 1. The highest BCUT2D eigenvalue weighted by Gasteiger charge is 2.00. The zero-order chi connectivity index (χ0) is 10.3. The Morgan fingerprint density at radius 3 is 3.00 bits per heavy atom. The van der Waals surface area contributed by atoms with Gasteiger partial charge in [0.05, 0.1) is 6.20 Å². The van der Waals surface area contributed by atoms with Crippen molar-refractivity contribution in [2.24, 2.45) is 0 Å². The number of aromatic amines is 1. The third kappa shape index (κ3) is 1.27. The molecule has 2 heterocycles. The van der Waals surface area contributed by atoms with Crippen LogP contribution in [0.25, 0.3) is 16.6 Å². The predicted octanol–water partition coefficient (Wildman–Crippen LogP) is 1.94. The first-order valence-corrected chi connectivity index (χ1v) is 4.70. The van der Waals surface area contributed by atoms with Gasteiger partial charge in [0.2, 0.25) is 0 Å². The van der Waals surface area contributed by atoms with Crippen molar-refractivity contribution < 1.29 is 0 Å². The number of anilines is 1. The lowest BCUT2D eigenvalue weighted by molar-refractivity contribution is 1.06. The third-order valence-electron chi connectivity index (χ3n) is 2.44. The van der Waals surface area contributed by atoms with E-state index in [0.29, 0.717) is 5.82 Å². The maximum absolute atomic E-state index is 5.57. The van der Waals surface area contributed by atoms with Gasteiger partial charge in [0, 0.05) is 22.8 Å². The molecule has 0 aliphatic carbocycles. The lowest BCUT2D eigenvalue weighted by Gasteiger charge is -2.01. The van der Waals surface area contributed by atoms with E-state index < -0.39 is 0 Å². The summed E-state index contributed by atoms with van der Waals surface area (Å²) in [5, 5.41) is 1.18. The summed E-state index contributed by atoms with van der Waals surface area (Å²) in [5.41, 5.74) is 7.76. The maximum Gasteiger partial charge on any atom is 0.141 e. The molecule has 3 rings (SSSR count). The quantitative estimate of drug-likeness (QED) is 0.627. The number of rotatable bonds is 1. The number of hydrogen-bond acceptors (Lipinski definition) is 2. The topological polar surface area (TPSA) is 59.6 Å². The molecule has 0 atom stereocenters. The lowest BCUT2D eigenvalue weighted by Crippen LogP contribution is -1.89. The first-order chi connectivity index (χ1) is 7.33.